The number of aryl methyl sites for hydroxylation is 1. The van der Waals surface area contributed by atoms with Crippen molar-refractivity contribution in [2.75, 3.05) is 36.6 Å². The van der Waals surface area contributed by atoms with Crippen molar-refractivity contribution in [3.8, 4) is 6.01 Å². The third-order valence-corrected chi connectivity index (χ3v) is 5.95. The van der Waals surface area contributed by atoms with E-state index in [2.05, 4.69) is 30.3 Å². The largest absolute Gasteiger partial charge is 0.454 e. The monoisotopic (exact) mass is 478 g/mol. The van der Waals surface area contributed by atoms with Crippen molar-refractivity contribution in [2.24, 2.45) is 0 Å². The van der Waals surface area contributed by atoms with E-state index in [0.717, 1.165) is 6.26 Å². The Hall–Kier alpha value is -2.74. The van der Waals surface area contributed by atoms with Crippen LogP contribution in [-0.4, -0.2) is 65.8 Å². The number of halogens is 4. The van der Waals surface area contributed by atoms with Crippen molar-refractivity contribution >= 4 is 27.6 Å². The van der Waals surface area contributed by atoms with Gasteiger partial charge in [0.2, 0.25) is 21.9 Å². The topological polar surface area (TPSA) is 109 Å². The Balaban J connectivity index is 1.78. The minimum Gasteiger partial charge on any atom is -0.454 e. The maximum Gasteiger partial charge on any atom is 0.422 e. The highest BCUT2D eigenvalue weighted by atomic mass is 32.2. The number of aromatic nitrogens is 3. The van der Waals surface area contributed by atoms with Gasteiger partial charge in [0.25, 0.3) is 0 Å². The zero-order valence-electron chi connectivity index (χ0n) is 17.3. The number of piperidine rings is 1. The molecule has 32 heavy (non-hydrogen) atoms. The molecule has 0 atom stereocenters. The van der Waals surface area contributed by atoms with E-state index in [0.29, 0.717) is 37.2 Å². The smallest absolute Gasteiger partial charge is 0.422 e. The maximum atomic E-state index is 13.5. The van der Waals surface area contributed by atoms with Gasteiger partial charge in [-0.25, -0.2) is 17.1 Å². The SMILES string of the molecule is Cc1cc(Nc2nc(NC3CCN(S(C)(=O)=O)CC3)nc(OCC(F)(F)F)n2)ccc1F. The molecule has 2 N–H and O–H groups in total. The number of nitrogens with zero attached hydrogens (tertiary/aromatic N) is 4. The molecule has 0 unspecified atom stereocenters. The van der Waals surface area contributed by atoms with Gasteiger partial charge in [-0.05, 0) is 43.5 Å². The highest BCUT2D eigenvalue weighted by Crippen LogP contribution is 2.23. The minimum absolute atomic E-state index is 0.0312. The van der Waals surface area contributed by atoms with Gasteiger partial charge >= 0.3 is 12.2 Å². The molecule has 14 heteroatoms. The van der Waals surface area contributed by atoms with Crippen LogP contribution in [0.15, 0.2) is 18.2 Å². The molecule has 0 radical (unpaired) electrons. The van der Waals surface area contributed by atoms with Crippen LogP contribution >= 0.6 is 0 Å². The summed E-state index contributed by atoms with van der Waals surface area (Å²) in [6.07, 6.45) is -2.54. The predicted molar refractivity (Wildman–Crippen MR) is 109 cm³/mol. The first-order valence-corrected chi connectivity index (χ1v) is 11.4. The van der Waals surface area contributed by atoms with Crippen molar-refractivity contribution in [3.63, 3.8) is 0 Å². The molecule has 9 nitrogen and oxygen atoms in total. The van der Waals surface area contributed by atoms with Crippen molar-refractivity contribution in [1.29, 1.82) is 0 Å². The van der Waals surface area contributed by atoms with E-state index in [-0.39, 0.29) is 17.9 Å². The Kier molecular flexibility index (Phi) is 7.03. The molecule has 1 fully saturated rings. The van der Waals surface area contributed by atoms with Crippen molar-refractivity contribution in [2.45, 2.75) is 32.0 Å². The molecule has 176 valence electrons. The van der Waals surface area contributed by atoms with Crippen LogP contribution in [0.4, 0.5) is 35.1 Å². The fraction of sp³-hybridized carbons (Fsp3) is 0.500. The van der Waals surface area contributed by atoms with E-state index in [1.54, 1.807) is 6.92 Å². The van der Waals surface area contributed by atoms with Gasteiger partial charge in [-0.3, -0.25) is 0 Å². The number of alkyl halides is 3. The standard InChI is InChI=1S/C18H22F4N6O3S/c1-11-9-13(3-4-14(11)19)24-16-25-15(26-17(27-16)31-10-18(20,21)22)23-12-5-7-28(8-6-12)32(2,29)30/h3-4,9,12H,5-8,10H2,1-2H3,(H2,23,24,25,26,27). The fourth-order valence-corrected chi connectivity index (χ4v) is 3.93. The highest BCUT2D eigenvalue weighted by Gasteiger charge is 2.30. The highest BCUT2D eigenvalue weighted by molar-refractivity contribution is 7.88. The second-order valence-electron chi connectivity index (χ2n) is 7.34. The van der Waals surface area contributed by atoms with Crippen molar-refractivity contribution in [1.82, 2.24) is 19.3 Å². The number of ether oxygens (including phenoxy) is 1. The predicted octanol–water partition coefficient (Wildman–Crippen LogP) is 2.84. The lowest BCUT2D eigenvalue weighted by atomic mass is 10.1. The molecule has 0 aliphatic carbocycles. The molecule has 0 saturated carbocycles. The van der Waals surface area contributed by atoms with Gasteiger partial charge in [0.05, 0.1) is 6.26 Å². The number of nitrogens with one attached hydrogen (secondary N) is 2. The van der Waals surface area contributed by atoms with E-state index in [1.165, 1.54) is 22.5 Å². The molecule has 2 aromatic rings. The average Bonchev–Trinajstić information content (AvgIpc) is 2.68. The third kappa shape index (κ3) is 6.88. The zero-order valence-corrected chi connectivity index (χ0v) is 18.1. The summed E-state index contributed by atoms with van der Waals surface area (Å²) in [5.41, 5.74) is 0.776. The van der Waals surface area contributed by atoms with Gasteiger partial charge in [-0.1, -0.05) is 0 Å². The Bertz CT molecular complexity index is 1060. The summed E-state index contributed by atoms with van der Waals surface area (Å²) in [7, 11) is -3.30. The molecule has 2 heterocycles. The summed E-state index contributed by atoms with van der Waals surface area (Å²) in [5.74, 6) is -0.543. The van der Waals surface area contributed by atoms with E-state index in [1.807, 2.05) is 0 Å². The maximum absolute atomic E-state index is 13.5. The Labute approximate surface area is 182 Å². The number of hydrogen-bond donors (Lipinski definition) is 2. The molecule has 3 rings (SSSR count). The van der Waals surface area contributed by atoms with E-state index < -0.39 is 34.6 Å². The molecule has 0 bridgehead atoms. The van der Waals surface area contributed by atoms with Gasteiger partial charge in [0.1, 0.15) is 5.82 Å². The lowest BCUT2D eigenvalue weighted by Gasteiger charge is -2.30. The summed E-state index contributed by atoms with van der Waals surface area (Å²) in [4.78, 5) is 11.9. The summed E-state index contributed by atoms with van der Waals surface area (Å²) in [6.45, 7) is 0.553. The number of anilines is 3. The lowest BCUT2D eigenvalue weighted by molar-refractivity contribution is -0.154. The van der Waals surface area contributed by atoms with Crippen molar-refractivity contribution < 1.29 is 30.7 Å². The first-order chi connectivity index (χ1) is 14.9. The molecular weight excluding hydrogens is 456 g/mol. The molecule has 1 aromatic carbocycles. The van der Waals surface area contributed by atoms with Gasteiger partial charge in [0.15, 0.2) is 6.61 Å². The van der Waals surface area contributed by atoms with Crippen LogP contribution in [0.3, 0.4) is 0 Å². The Morgan fingerprint density at radius 2 is 1.81 bits per heavy atom. The van der Waals surface area contributed by atoms with Crippen LogP contribution in [0.5, 0.6) is 6.01 Å². The second kappa shape index (κ2) is 9.40. The normalized spacial score (nSPS) is 16.1. The summed E-state index contributed by atoms with van der Waals surface area (Å²) < 4.78 is 80.5. The van der Waals surface area contributed by atoms with Gasteiger partial charge < -0.3 is 15.4 Å². The Morgan fingerprint density at radius 3 is 2.41 bits per heavy atom. The van der Waals surface area contributed by atoms with Crippen LogP contribution in [0, 0.1) is 12.7 Å². The molecule has 1 saturated heterocycles. The molecule has 1 aromatic heterocycles. The zero-order chi connectivity index (χ0) is 23.5. The number of benzene rings is 1. The second-order valence-corrected chi connectivity index (χ2v) is 9.32. The molecular formula is C18H22F4N6O3S. The van der Waals surface area contributed by atoms with E-state index in [4.69, 9.17) is 0 Å². The van der Waals surface area contributed by atoms with Crippen LogP contribution in [0.2, 0.25) is 0 Å². The van der Waals surface area contributed by atoms with Crippen LogP contribution in [0.25, 0.3) is 0 Å². The van der Waals surface area contributed by atoms with Crippen LogP contribution < -0.4 is 15.4 Å². The van der Waals surface area contributed by atoms with Gasteiger partial charge in [-0.15, -0.1) is 0 Å². The first kappa shape index (κ1) is 23.9. The first-order valence-electron chi connectivity index (χ1n) is 9.59. The van der Waals surface area contributed by atoms with E-state index >= 15 is 0 Å². The fourth-order valence-electron chi connectivity index (χ4n) is 3.05. The van der Waals surface area contributed by atoms with Crippen LogP contribution in [0.1, 0.15) is 18.4 Å². The lowest BCUT2D eigenvalue weighted by Crippen LogP contribution is -2.42. The Morgan fingerprint density at radius 1 is 1.16 bits per heavy atom. The molecule has 1 aliphatic rings. The summed E-state index contributed by atoms with van der Waals surface area (Å²) >= 11 is 0. The number of rotatable bonds is 7. The molecule has 1 aliphatic heterocycles. The minimum atomic E-state index is -4.58. The van der Waals surface area contributed by atoms with Gasteiger partial charge in [-0.2, -0.15) is 28.1 Å². The number of hydrogen-bond acceptors (Lipinski definition) is 8. The third-order valence-electron chi connectivity index (χ3n) is 4.65. The summed E-state index contributed by atoms with van der Waals surface area (Å²) in [5, 5.41) is 5.79. The van der Waals surface area contributed by atoms with Crippen LogP contribution in [-0.2, 0) is 10.0 Å². The number of sulfonamides is 1. The van der Waals surface area contributed by atoms with Crippen molar-refractivity contribution in [3.05, 3.63) is 29.6 Å². The molecule has 0 amide bonds. The average molecular weight is 478 g/mol. The summed E-state index contributed by atoms with van der Waals surface area (Å²) in [6, 6.07) is 3.40. The van der Waals surface area contributed by atoms with Gasteiger partial charge in [0, 0.05) is 24.8 Å². The quantitative estimate of drug-likeness (QED) is 0.585. The molecule has 0 spiro atoms. The van der Waals surface area contributed by atoms with E-state index in [9.17, 15) is 26.0 Å².